The molecule has 2 amide bonds. The fraction of sp³-hybridized carbons (Fsp3) is 0.0435. The smallest absolute Gasteiger partial charge is 0.341 e. The molecule has 1 aromatic heterocycles. The second-order valence-corrected chi connectivity index (χ2v) is 7.29. The van der Waals surface area contributed by atoms with Gasteiger partial charge in [0.05, 0.1) is 6.21 Å². The molecule has 0 spiro atoms. The summed E-state index contributed by atoms with van der Waals surface area (Å²) in [6.07, 6.45) is 2.89. The molecule has 0 aliphatic heterocycles. The maximum Gasteiger partial charge on any atom is 0.341 e. The summed E-state index contributed by atoms with van der Waals surface area (Å²) in [6, 6.07) is 18.8. The predicted octanol–water partition coefficient (Wildman–Crippen LogP) is 3.13. The monoisotopic (exact) mass is 449 g/mol. The molecule has 1 heterocycles. The molecule has 0 unspecified atom stereocenters. The standard InChI is InChI=1S/C23H19N3O5S/c27-21(28)15-31-20-11-5-4-9-17(20)14-24-26-23(30)19(13-18-10-6-12-32-18)25-22(29)16-7-2-1-3-8-16/h1-14H,15H2,(H,25,29)(H,26,30)(H,27,28). The van der Waals surface area contributed by atoms with Crippen LogP contribution in [0.5, 0.6) is 5.75 Å². The van der Waals surface area contributed by atoms with Gasteiger partial charge in [-0.15, -0.1) is 11.3 Å². The van der Waals surface area contributed by atoms with Gasteiger partial charge in [-0.2, -0.15) is 5.10 Å². The fourth-order valence-electron chi connectivity index (χ4n) is 2.54. The van der Waals surface area contributed by atoms with Crippen LogP contribution in [0.25, 0.3) is 6.08 Å². The number of para-hydroxylation sites is 1. The van der Waals surface area contributed by atoms with Gasteiger partial charge in [0, 0.05) is 16.0 Å². The highest BCUT2D eigenvalue weighted by atomic mass is 32.1. The Balaban J connectivity index is 1.73. The van der Waals surface area contributed by atoms with E-state index in [9.17, 15) is 14.4 Å². The molecule has 2 aromatic carbocycles. The van der Waals surface area contributed by atoms with E-state index in [0.717, 1.165) is 4.88 Å². The lowest BCUT2D eigenvalue weighted by atomic mass is 10.2. The van der Waals surface area contributed by atoms with E-state index in [0.29, 0.717) is 16.9 Å². The van der Waals surface area contributed by atoms with Crippen LogP contribution in [0.2, 0.25) is 0 Å². The third-order valence-electron chi connectivity index (χ3n) is 4.00. The van der Waals surface area contributed by atoms with Crippen molar-refractivity contribution in [1.82, 2.24) is 10.7 Å². The number of hydrogen-bond acceptors (Lipinski definition) is 6. The molecule has 0 fully saturated rings. The molecule has 0 saturated heterocycles. The summed E-state index contributed by atoms with van der Waals surface area (Å²) >= 11 is 1.41. The van der Waals surface area contributed by atoms with Crippen molar-refractivity contribution in [2.75, 3.05) is 6.61 Å². The maximum atomic E-state index is 12.7. The number of rotatable bonds is 9. The average Bonchev–Trinajstić information content (AvgIpc) is 3.31. The topological polar surface area (TPSA) is 117 Å². The van der Waals surface area contributed by atoms with Crippen LogP contribution < -0.4 is 15.5 Å². The minimum atomic E-state index is -1.11. The van der Waals surface area contributed by atoms with E-state index in [1.165, 1.54) is 17.6 Å². The van der Waals surface area contributed by atoms with Crippen molar-refractivity contribution in [3.8, 4) is 5.75 Å². The summed E-state index contributed by atoms with van der Waals surface area (Å²) in [5, 5.41) is 17.2. The van der Waals surface area contributed by atoms with Gasteiger partial charge in [-0.1, -0.05) is 36.4 Å². The first-order valence-corrected chi connectivity index (χ1v) is 10.3. The van der Waals surface area contributed by atoms with Crippen molar-refractivity contribution in [1.29, 1.82) is 0 Å². The first kappa shape index (κ1) is 22.4. The highest BCUT2D eigenvalue weighted by Gasteiger charge is 2.14. The first-order chi connectivity index (χ1) is 15.5. The fourth-order valence-corrected chi connectivity index (χ4v) is 3.19. The van der Waals surface area contributed by atoms with Gasteiger partial charge in [-0.3, -0.25) is 9.59 Å². The number of aliphatic carboxylic acids is 1. The maximum absolute atomic E-state index is 12.7. The highest BCUT2D eigenvalue weighted by Crippen LogP contribution is 2.16. The third-order valence-corrected chi connectivity index (χ3v) is 4.82. The molecule has 3 rings (SSSR count). The highest BCUT2D eigenvalue weighted by molar-refractivity contribution is 7.10. The van der Waals surface area contributed by atoms with Gasteiger partial charge >= 0.3 is 5.97 Å². The van der Waals surface area contributed by atoms with Crippen molar-refractivity contribution in [2.24, 2.45) is 5.10 Å². The molecule has 0 bridgehead atoms. The van der Waals surface area contributed by atoms with Crippen LogP contribution in [0.4, 0.5) is 0 Å². The lowest BCUT2D eigenvalue weighted by Gasteiger charge is -2.09. The second kappa shape index (κ2) is 11.2. The molecule has 32 heavy (non-hydrogen) atoms. The van der Waals surface area contributed by atoms with E-state index in [4.69, 9.17) is 9.84 Å². The number of nitrogens with zero attached hydrogens (tertiary/aromatic N) is 1. The Bertz CT molecular complexity index is 1140. The van der Waals surface area contributed by atoms with Crippen LogP contribution in [0.1, 0.15) is 20.8 Å². The lowest BCUT2D eigenvalue weighted by Crippen LogP contribution is -2.32. The number of hydrogen-bond donors (Lipinski definition) is 3. The van der Waals surface area contributed by atoms with Crippen molar-refractivity contribution in [2.45, 2.75) is 0 Å². The number of carbonyl (C=O) groups excluding carboxylic acids is 2. The van der Waals surface area contributed by atoms with Crippen LogP contribution in [-0.2, 0) is 9.59 Å². The quantitative estimate of drug-likeness (QED) is 0.264. The SMILES string of the molecule is O=C(O)COc1ccccc1C=NNC(=O)C(=Cc1cccs1)NC(=O)c1ccccc1. The Morgan fingerprint density at radius 3 is 2.47 bits per heavy atom. The average molecular weight is 449 g/mol. The lowest BCUT2D eigenvalue weighted by molar-refractivity contribution is -0.139. The Hall–Kier alpha value is -4.24. The van der Waals surface area contributed by atoms with Gasteiger partial charge in [-0.05, 0) is 41.8 Å². The largest absolute Gasteiger partial charge is 0.481 e. The number of ether oxygens (including phenoxy) is 1. The van der Waals surface area contributed by atoms with E-state index in [-0.39, 0.29) is 5.70 Å². The number of nitrogens with one attached hydrogen (secondary N) is 2. The summed E-state index contributed by atoms with van der Waals surface area (Å²) in [5.41, 5.74) is 3.28. The summed E-state index contributed by atoms with van der Waals surface area (Å²) in [7, 11) is 0. The molecule has 0 aliphatic carbocycles. The van der Waals surface area contributed by atoms with Crippen molar-refractivity contribution < 1.29 is 24.2 Å². The van der Waals surface area contributed by atoms with Gasteiger partial charge < -0.3 is 15.2 Å². The van der Waals surface area contributed by atoms with Gasteiger partial charge in [0.2, 0.25) is 0 Å². The molecule has 0 radical (unpaired) electrons. The number of carboxylic acid groups (broad SMARTS) is 1. The van der Waals surface area contributed by atoms with E-state index in [1.807, 2.05) is 17.5 Å². The Morgan fingerprint density at radius 2 is 1.75 bits per heavy atom. The summed E-state index contributed by atoms with van der Waals surface area (Å²) in [4.78, 5) is 36.7. The Kier molecular flexibility index (Phi) is 7.88. The zero-order valence-corrected chi connectivity index (χ0v) is 17.5. The van der Waals surface area contributed by atoms with Crippen molar-refractivity contribution >= 4 is 41.4 Å². The Morgan fingerprint density at radius 1 is 1.00 bits per heavy atom. The molecular formula is C23H19N3O5S. The van der Waals surface area contributed by atoms with Gasteiger partial charge in [0.25, 0.3) is 11.8 Å². The van der Waals surface area contributed by atoms with Crippen molar-refractivity contribution in [3.63, 3.8) is 0 Å². The molecule has 0 aliphatic rings. The number of amides is 2. The normalized spacial score (nSPS) is 11.2. The molecule has 3 aromatic rings. The molecule has 9 heteroatoms. The van der Waals surface area contributed by atoms with Crippen LogP contribution >= 0.6 is 11.3 Å². The molecule has 3 N–H and O–H groups in total. The molecular weight excluding hydrogens is 430 g/mol. The molecule has 0 atom stereocenters. The van der Waals surface area contributed by atoms with Crippen LogP contribution in [0.15, 0.2) is 82.9 Å². The van der Waals surface area contributed by atoms with E-state index < -0.39 is 24.4 Å². The summed E-state index contributed by atoms with van der Waals surface area (Å²) in [6.45, 7) is -0.504. The number of benzene rings is 2. The minimum absolute atomic E-state index is 0.0221. The van der Waals surface area contributed by atoms with Gasteiger partial charge in [0.15, 0.2) is 6.61 Å². The van der Waals surface area contributed by atoms with E-state index >= 15 is 0 Å². The zero-order chi connectivity index (χ0) is 22.8. The van der Waals surface area contributed by atoms with Gasteiger partial charge in [0.1, 0.15) is 11.4 Å². The van der Waals surface area contributed by atoms with Crippen molar-refractivity contribution in [3.05, 3.63) is 93.8 Å². The van der Waals surface area contributed by atoms with Crippen LogP contribution in [0, 0.1) is 0 Å². The van der Waals surface area contributed by atoms with Crippen LogP contribution in [-0.4, -0.2) is 35.7 Å². The molecule has 162 valence electrons. The second-order valence-electron chi connectivity index (χ2n) is 6.31. The summed E-state index contributed by atoms with van der Waals surface area (Å²) < 4.78 is 5.20. The number of thiophene rings is 1. The summed E-state index contributed by atoms with van der Waals surface area (Å²) in [5.74, 6) is -1.86. The third kappa shape index (κ3) is 6.64. The zero-order valence-electron chi connectivity index (χ0n) is 16.7. The number of hydrazone groups is 1. The van der Waals surface area contributed by atoms with E-state index in [1.54, 1.807) is 60.7 Å². The minimum Gasteiger partial charge on any atom is -0.481 e. The van der Waals surface area contributed by atoms with E-state index in [2.05, 4.69) is 15.8 Å². The predicted molar refractivity (Wildman–Crippen MR) is 122 cm³/mol. The van der Waals surface area contributed by atoms with Crippen LogP contribution in [0.3, 0.4) is 0 Å². The number of carbonyl (C=O) groups is 3. The first-order valence-electron chi connectivity index (χ1n) is 9.41. The molecule has 8 nitrogen and oxygen atoms in total. The Labute approximate surface area is 187 Å². The van der Waals surface area contributed by atoms with Gasteiger partial charge in [-0.25, -0.2) is 10.2 Å². The number of carboxylic acids is 1. The molecule has 0 saturated carbocycles.